The van der Waals surface area contributed by atoms with Crippen molar-refractivity contribution in [1.29, 1.82) is 0 Å². The molecule has 104 valence electrons. The molecule has 0 aromatic heterocycles. The van der Waals surface area contributed by atoms with E-state index >= 15 is 0 Å². The molecule has 0 heterocycles. The molecule has 0 aliphatic carbocycles. The number of benzene rings is 1. The van der Waals surface area contributed by atoms with Gasteiger partial charge in [0, 0.05) is 13.0 Å². The van der Waals surface area contributed by atoms with Gasteiger partial charge in [0.2, 0.25) is 0 Å². The molecule has 0 fully saturated rings. The van der Waals surface area contributed by atoms with Crippen LogP contribution in [0.2, 0.25) is 0 Å². The van der Waals surface area contributed by atoms with Gasteiger partial charge < -0.3 is 20.9 Å². The lowest BCUT2D eigenvalue weighted by Crippen LogP contribution is -2.25. The van der Waals surface area contributed by atoms with E-state index in [-0.39, 0.29) is 29.4 Å². The second kappa shape index (κ2) is 7.25. The van der Waals surface area contributed by atoms with E-state index in [4.69, 9.17) is 10.5 Å². The Kier molecular flexibility index (Phi) is 5.66. The summed E-state index contributed by atoms with van der Waals surface area (Å²) in [4.78, 5) is 22.8. The van der Waals surface area contributed by atoms with E-state index in [2.05, 4.69) is 5.32 Å². The minimum absolute atomic E-state index is 0.121. The van der Waals surface area contributed by atoms with Gasteiger partial charge in [-0.05, 0) is 25.5 Å². The fraction of sp³-hybridized carbons (Fsp3) is 0.385. The van der Waals surface area contributed by atoms with Crippen LogP contribution in [0.25, 0.3) is 0 Å². The SMILES string of the molecule is CCOC(=O)CCCNC(=O)c1cccc(N)c1O. The average Bonchev–Trinajstić information content (AvgIpc) is 2.38. The largest absolute Gasteiger partial charge is 0.505 e. The van der Waals surface area contributed by atoms with Crippen molar-refractivity contribution in [3.63, 3.8) is 0 Å². The van der Waals surface area contributed by atoms with E-state index in [1.165, 1.54) is 12.1 Å². The van der Waals surface area contributed by atoms with Crippen molar-refractivity contribution < 1.29 is 19.4 Å². The number of para-hydroxylation sites is 1. The number of anilines is 1. The maximum atomic E-state index is 11.7. The number of nitrogens with two attached hydrogens (primary N) is 1. The number of hydrogen-bond donors (Lipinski definition) is 3. The number of nitrogens with one attached hydrogen (secondary N) is 1. The number of amides is 1. The number of hydrogen-bond acceptors (Lipinski definition) is 5. The van der Waals surface area contributed by atoms with Gasteiger partial charge >= 0.3 is 5.97 Å². The van der Waals surface area contributed by atoms with Gasteiger partial charge in [0.25, 0.3) is 5.91 Å². The number of carbonyl (C=O) groups excluding carboxylic acids is 2. The molecule has 0 unspecified atom stereocenters. The molecule has 0 aliphatic rings. The first-order valence-electron chi connectivity index (χ1n) is 6.07. The van der Waals surface area contributed by atoms with Crippen LogP contribution in [0.5, 0.6) is 5.75 Å². The summed E-state index contributed by atoms with van der Waals surface area (Å²) >= 11 is 0. The lowest BCUT2D eigenvalue weighted by molar-refractivity contribution is -0.143. The zero-order valence-electron chi connectivity index (χ0n) is 10.8. The van der Waals surface area contributed by atoms with Crippen molar-refractivity contribution in [3.05, 3.63) is 23.8 Å². The average molecular weight is 266 g/mol. The molecule has 0 saturated heterocycles. The molecule has 6 nitrogen and oxygen atoms in total. The molecule has 19 heavy (non-hydrogen) atoms. The van der Waals surface area contributed by atoms with Crippen molar-refractivity contribution in [3.8, 4) is 5.75 Å². The smallest absolute Gasteiger partial charge is 0.305 e. The normalized spacial score (nSPS) is 9.95. The van der Waals surface area contributed by atoms with Crippen molar-refractivity contribution in [2.45, 2.75) is 19.8 Å². The summed E-state index contributed by atoms with van der Waals surface area (Å²) in [6, 6.07) is 4.57. The van der Waals surface area contributed by atoms with Crippen LogP contribution in [-0.2, 0) is 9.53 Å². The molecule has 1 rings (SSSR count). The van der Waals surface area contributed by atoms with Crippen LogP contribution in [0.1, 0.15) is 30.1 Å². The Morgan fingerprint density at radius 1 is 1.42 bits per heavy atom. The van der Waals surface area contributed by atoms with E-state index in [9.17, 15) is 14.7 Å². The number of esters is 1. The minimum Gasteiger partial charge on any atom is -0.505 e. The lowest BCUT2D eigenvalue weighted by atomic mass is 10.1. The Labute approximate surface area is 111 Å². The van der Waals surface area contributed by atoms with Gasteiger partial charge in [0.1, 0.15) is 0 Å². The molecule has 0 radical (unpaired) electrons. The lowest BCUT2D eigenvalue weighted by Gasteiger charge is -2.08. The number of carbonyl (C=O) groups is 2. The number of phenolic OH excluding ortho intramolecular Hbond substituents is 1. The molecule has 6 heteroatoms. The quantitative estimate of drug-likeness (QED) is 0.309. The van der Waals surface area contributed by atoms with Gasteiger partial charge in [0.15, 0.2) is 5.75 Å². The number of nitrogen functional groups attached to an aromatic ring is 1. The maximum Gasteiger partial charge on any atom is 0.305 e. The van der Waals surface area contributed by atoms with Gasteiger partial charge in [-0.2, -0.15) is 0 Å². The van der Waals surface area contributed by atoms with Crippen molar-refractivity contribution in [2.75, 3.05) is 18.9 Å². The Morgan fingerprint density at radius 3 is 2.84 bits per heavy atom. The predicted octanol–water partition coefficient (Wildman–Crippen LogP) is 1.05. The molecule has 0 atom stereocenters. The van der Waals surface area contributed by atoms with Crippen molar-refractivity contribution in [1.82, 2.24) is 5.32 Å². The van der Waals surface area contributed by atoms with Crippen molar-refractivity contribution >= 4 is 17.6 Å². The summed E-state index contributed by atoms with van der Waals surface area (Å²) < 4.78 is 4.76. The topological polar surface area (TPSA) is 102 Å². The molecule has 1 aromatic rings. The zero-order chi connectivity index (χ0) is 14.3. The summed E-state index contributed by atoms with van der Waals surface area (Å²) in [6.45, 7) is 2.41. The molecule has 4 N–H and O–H groups in total. The first kappa shape index (κ1) is 14.8. The summed E-state index contributed by atoms with van der Waals surface area (Å²) in [7, 11) is 0. The molecular formula is C13H18N2O4. The van der Waals surface area contributed by atoms with Gasteiger partial charge in [0.05, 0.1) is 17.9 Å². The Balaban J connectivity index is 2.40. The summed E-state index contributed by atoms with van der Waals surface area (Å²) in [5.41, 5.74) is 5.77. The fourth-order valence-electron chi connectivity index (χ4n) is 1.51. The van der Waals surface area contributed by atoms with Crippen LogP contribution in [0.15, 0.2) is 18.2 Å². The highest BCUT2D eigenvalue weighted by Crippen LogP contribution is 2.23. The van der Waals surface area contributed by atoms with E-state index in [1.54, 1.807) is 13.0 Å². The maximum absolute atomic E-state index is 11.7. The Morgan fingerprint density at radius 2 is 2.16 bits per heavy atom. The molecule has 0 saturated carbocycles. The summed E-state index contributed by atoms with van der Waals surface area (Å²) in [5, 5.41) is 12.2. The first-order chi connectivity index (χ1) is 9.06. The van der Waals surface area contributed by atoms with Crippen LogP contribution in [0.4, 0.5) is 5.69 Å². The van der Waals surface area contributed by atoms with Crippen molar-refractivity contribution in [2.24, 2.45) is 0 Å². The third-order valence-electron chi connectivity index (χ3n) is 2.46. The third-order valence-corrected chi connectivity index (χ3v) is 2.46. The van der Waals surface area contributed by atoms with Crippen LogP contribution in [0.3, 0.4) is 0 Å². The minimum atomic E-state index is -0.423. The standard InChI is InChI=1S/C13H18N2O4/c1-2-19-11(16)7-4-8-15-13(18)9-5-3-6-10(14)12(9)17/h3,5-6,17H,2,4,7-8,14H2,1H3,(H,15,18). The molecule has 1 amide bonds. The van der Waals surface area contributed by atoms with Crippen LogP contribution >= 0.6 is 0 Å². The highest BCUT2D eigenvalue weighted by atomic mass is 16.5. The Hall–Kier alpha value is -2.24. The van der Waals surface area contributed by atoms with Gasteiger partial charge in [-0.25, -0.2) is 0 Å². The Bertz CT molecular complexity index is 460. The number of phenols is 1. The van der Waals surface area contributed by atoms with E-state index in [0.717, 1.165) is 0 Å². The van der Waals surface area contributed by atoms with E-state index in [1.807, 2.05) is 0 Å². The molecule has 0 bridgehead atoms. The monoisotopic (exact) mass is 266 g/mol. The van der Waals surface area contributed by atoms with Gasteiger partial charge in [-0.1, -0.05) is 6.07 Å². The second-order valence-electron chi connectivity index (χ2n) is 3.91. The van der Waals surface area contributed by atoms with Crippen LogP contribution in [-0.4, -0.2) is 30.1 Å². The molecule has 0 aliphatic heterocycles. The highest BCUT2D eigenvalue weighted by molar-refractivity contribution is 5.98. The molecule has 1 aromatic carbocycles. The summed E-state index contributed by atoms with van der Waals surface area (Å²) in [6.07, 6.45) is 0.727. The zero-order valence-corrected chi connectivity index (χ0v) is 10.8. The number of rotatable bonds is 6. The van der Waals surface area contributed by atoms with Gasteiger partial charge in [-0.3, -0.25) is 9.59 Å². The summed E-state index contributed by atoms with van der Waals surface area (Å²) in [5.74, 6) is -0.942. The third kappa shape index (κ3) is 4.50. The number of ether oxygens (including phenoxy) is 1. The molecule has 0 spiro atoms. The first-order valence-corrected chi connectivity index (χ1v) is 6.07. The van der Waals surface area contributed by atoms with Crippen LogP contribution in [0, 0.1) is 0 Å². The second-order valence-corrected chi connectivity index (χ2v) is 3.91. The number of aromatic hydroxyl groups is 1. The fourth-order valence-corrected chi connectivity index (χ4v) is 1.51. The van der Waals surface area contributed by atoms with E-state index in [0.29, 0.717) is 19.6 Å². The highest BCUT2D eigenvalue weighted by Gasteiger charge is 2.12. The predicted molar refractivity (Wildman–Crippen MR) is 70.7 cm³/mol. The van der Waals surface area contributed by atoms with Gasteiger partial charge in [-0.15, -0.1) is 0 Å². The van der Waals surface area contributed by atoms with Crippen LogP contribution < -0.4 is 11.1 Å². The molecular weight excluding hydrogens is 248 g/mol. The van der Waals surface area contributed by atoms with E-state index < -0.39 is 5.91 Å².